The van der Waals surface area contributed by atoms with Gasteiger partial charge in [-0.2, -0.15) is 0 Å². The summed E-state index contributed by atoms with van der Waals surface area (Å²) in [5.74, 6) is -0.519. The van der Waals surface area contributed by atoms with Crippen LogP contribution in [0.2, 0.25) is 0 Å². The van der Waals surface area contributed by atoms with Crippen LogP contribution in [-0.4, -0.2) is 35.4 Å². The molecule has 0 aliphatic carbocycles. The molecule has 1 aliphatic rings. The average Bonchev–Trinajstić information content (AvgIpc) is 3.15. The maximum absolute atomic E-state index is 13.5. The predicted molar refractivity (Wildman–Crippen MR) is 143 cm³/mol. The van der Waals surface area contributed by atoms with Gasteiger partial charge in [-0.3, -0.25) is 9.69 Å². The van der Waals surface area contributed by atoms with Crippen LogP contribution >= 0.6 is 11.8 Å². The first-order chi connectivity index (χ1) is 17.3. The molecule has 0 radical (unpaired) electrons. The third-order valence-electron chi connectivity index (χ3n) is 5.27. The molecular weight excluding hydrogens is 476 g/mol. The number of aryl methyl sites for hydroxylation is 2. The highest BCUT2D eigenvalue weighted by Gasteiger charge is 2.34. The highest BCUT2D eigenvalue weighted by molar-refractivity contribution is 8.19. The van der Waals surface area contributed by atoms with Gasteiger partial charge in [0, 0.05) is 0 Å². The van der Waals surface area contributed by atoms with E-state index in [1.807, 2.05) is 69.3 Å². The molecule has 1 saturated heterocycles. The molecular formula is C28H26N2O5S. The highest BCUT2D eigenvalue weighted by atomic mass is 32.2. The molecule has 1 aliphatic heterocycles. The van der Waals surface area contributed by atoms with Crippen LogP contribution in [0.15, 0.2) is 76.6 Å². The zero-order chi connectivity index (χ0) is 25.7. The van der Waals surface area contributed by atoms with Crippen molar-refractivity contribution in [2.45, 2.75) is 20.8 Å². The van der Waals surface area contributed by atoms with Gasteiger partial charge in [-0.1, -0.05) is 41.5 Å². The van der Waals surface area contributed by atoms with Gasteiger partial charge in [0.15, 0.2) is 23.3 Å². The lowest BCUT2D eigenvalue weighted by molar-refractivity contribution is -0.139. The molecule has 0 atom stereocenters. The summed E-state index contributed by atoms with van der Waals surface area (Å²) in [4.78, 5) is 31.3. The minimum absolute atomic E-state index is 0.182. The van der Waals surface area contributed by atoms with Crippen molar-refractivity contribution in [3.05, 3.63) is 88.3 Å². The van der Waals surface area contributed by atoms with Crippen molar-refractivity contribution in [1.82, 2.24) is 0 Å². The maximum Gasteiger partial charge on any atom is 0.341 e. The number of benzene rings is 3. The summed E-state index contributed by atoms with van der Waals surface area (Å²) in [7, 11) is 0. The molecule has 1 amide bonds. The number of carbonyl (C=O) groups is 2. The van der Waals surface area contributed by atoms with Crippen LogP contribution in [0.25, 0.3) is 6.08 Å². The number of hydrogen-bond acceptors (Lipinski definition) is 6. The van der Waals surface area contributed by atoms with Crippen molar-refractivity contribution in [2.24, 2.45) is 4.99 Å². The van der Waals surface area contributed by atoms with Gasteiger partial charge >= 0.3 is 5.97 Å². The van der Waals surface area contributed by atoms with Gasteiger partial charge in [0.25, 0.3) is 5.91 Å². The van der Waals surface area contributed by atoms with Crippen LogP contribution in [0.3, 0.4) is 0 Å². The third-order valence-corrected chi connectivity index (χ3v) is 6.24. The van der Waals surface area contributed by atoms with E-state index in [4.69, 9.17) is 19.6 Å². The van der Waals surface area contributed by atoms with Gasteiger partial charge in [0.05, 0.1) is 22.9 Å². The number of aliphatic imine (C=N–C) groups is 1. The molecule has 0 aromatic heterocycles. The Balaban J connectivity index is 1.71. The Labute approximate surface area is 214 Å². The first-order valence-corrected chi connectivity index (χ1v) is 12.2. The fourth-order valence-electron chi connectivity index (χ4n) is 3.49. The van der Waals surface area contributed by atoms with Crippen molar-refractivity contribution < 1.29 is 24.2 Å². The number of thioether (sulfide) groups is 1. The van der Waals surface area contributed by atoms with E-state index in [1.54, 1.807) is 29.2 Å². The zero-order valence-corrected chi connectivity index (χ0v) is 21.0. The van der Waals surface area contributed by atoms with E-state index in [9.17, 15) is 9.59 Å². The molecule has 7 nitrogen and oxygen atoms in total. The van der Waals surface area contributed by atoms with E-state index in [0.717, 1.165) is 28.1 Å². The van der Waals surface area contributed by atoms with Crippen LogP contribution in [0.4, 0.5) is 11.4 Å². The third kappa shape index (κ3) is 5.95. The number of aliphatic carboxylic acids is 1. The number of amides is 1. The van der Waals surface area contributed by atoms with E-state index in [1.165, 1.54) is 11.8 Å². The predicted octanol–water partition coefficient (Wildman–Crippen LogP) is 5.97. The summed E-state index contributed by atoms with van der Waals surface area (Å²) in [6.45, 7) is 5.75. The monoisotopic (exact) mass is 502 g/mol. The summed E-state index contributed by atoms with van der Waals surface area (Å²) >= 11 is 1.30. The largest absolute Gasteiger partial charge is 0.490 e. The second kappa shape index (κ2) is 11.1. The molecule has 3 aromatic rings. The molecule has 0 spiro atoms. The molecule has 0 saturated carbocycles. The number of anilines is 1. The van der Waals surface area contributed by atoms with Gasteiger partial charge in [-0.15, -0.1) is 0 Å². The molecule has 0 bridgehead atoms. The Hall–Kier alpha value is -4.04. The fourth-order valence-corrected chi connectivity index (χ4v) is 4.49. The average molecular weight is 503 g/mol. The molecule has 1 heterocycles. The maximum atomic E-state index is 13.5. The van der Waals surface area contributed by atoms with Gasteiger partial charge < -0.3 is 14.6 Å². The van der Waals surface area contributed by atoms with Crippen molar-refractivity contribution in [2.75, 3.05) is 18.1 Å². The van der Waals surface area contributed by atoms with Crippen LogP contribution in [0, 0.1) is 13.8 Å². The summed E-state index contributed by atoms with van der Waals surface area (Å²) in [6.07, 6.45) is 1.77. The van der Waals surface area contributed by atoms with Gasteiger partial charge in [-0.05, 0) is 80.6 Å². The number of carboxylic acid groups (broad SMARTS) is 1. The van der Waals surface area contributed by atoms with Crippen LogP contribution < -0.4 is 14.4 Å². The molecule has 4 rings (SSSR count). The summed E-state index contributed by atoms with van der Waals surface area (Å²) in [5, 5.41) is 9.48. The van der Waals surface area contributed by atoms with E-state index < -0.39 is 12.6 Å². The van der Waals surface area contributed by atoms with Crippen molar-refractivity contribution in [1.29, 1.82) is 0 Å². The van der Waals surface area contributed by atoms with E-state index in [0.29, 0.717) is 28.2 Å². The Morgan fingerprint density at radius 3 is 2.28 bits per heavy atom. The van der Waals surface area contributed by atoms with E-state index in [2.05, 4.69) is 0 Å². The zero-order valence-electron chi connectivity index (χ0n) is 20.2. The second-order valence-corrected chi connectivity index (χ2v) is 9.15. The summed E-state index contributed by atoms with van der Waals surface area (Å²) < 4.78 is 11.0. The van der Waals surface area contributed by atoms with Crippen molar-refractivity contribution in [3.63, 3.8) is 0 Å². The minimum atomic E-state index is -1.08. The number of rotatable bonds is 8. The van der Waals surface area contributed by atoms with Crippen LogP contribution in [0.5, 0.6) is 11.5 Å². The summed E-state index contributed by atoms with van der Waals surface area (Å²) in [6, 6.07) is 20.7. The number of ether oxygens (including phenoxy) is 2. The lowest BCUT2D eigenvalue weighted by Crippen LogP contribution is -2.28. The Morgan fingerprint density at radius 2 is 1.64 bits per heavy atom. The van der Waals surface area contributed by atoms with Gasteiger partial charge in [0.2, 0.25) is 0 Å². The summed E-state index contributed by atoms with van der Waals surface area (Å²) in [5.41, 5.74) is 4.44. The molecule has 3 aromatic carbocycles. The fraction of sp³-hybridized carbons (Fsp3) is 0.179. The smallest absolute Gasteiger partial charge is 0.341 e. The topological polar surface area (TPSA) is 88.4 Å². The number of hydrogen-bond donors (Lipinski definition) is 1. The Bertz CT molecular complexity index is 1330. The van der Waals surface area contributed by atoms with Crippen LogP contribution in [0.1, 0.15) is 23.6 Å². The van der Waals surface area contributed by atoms with Crippen molar-refractivity contribution in [3.8, 4) is 11.5 Å². The minimum Gasteiger partial charge on any atom is -0.490 e. The lowest BCUT2D eigenvalue weighted by Gasteiger charge is -2.16. The first-order valence-electron chi connectivity index (χ1n) is 11.4. The number of nitrogens with zero attached hydrogens (tertiary/aromatic N) is 2. The number of carbonyl (C=O) groups excluding carboxylic acids is 1. The molecule has 1 N–H and O–H groups in total. The highest BCUT2D eigenvalue weighted by Crippen LogP contribution is 2.38. The molecule has 184 valence electrons. The molecule has 8 heteroatoms. The standard InChI is InChI=1S/C28H26N2O5S/c1-4-34-24-15-20(9-14-23(24)35-17-26(31)32)16-25-27(33)30(22-12-7-19(3)8-13-22)28(36-25)29-21-10-5-18(2)6-11-21/h5-16H,4,17H2,1-3H3,(H,31,32)/b25-16+,29-28?. The van der Waals surface area contributed by atoms with E-state index >= 15 is 0 Å². The molecule has 1 fully saturated rings. The SMILES string of the molecule is CCOc1cc(/C=C2/SC(=Nc3ccc(C)cc3)N(c3ccc(C)cc3)C2=O)ccc1OCC(=O)O. The van der Waals surface area contributed by atoms with Crippen molar-refractivity contribution >= 4 is 46.3 Å². The van der Waals surface area contributed by atoms with Crippen LogP contribution in [-0.2, 0) is 9.59 Å². The lowest BCUT2D eigenvalue weighted by atomic mass is 10.1. The van der Waals surface area contributed by atoms with E-state index in [-0.39, 0.29) is 5.91 Å². The number of carboxylic acids is 1. The van der Waals surface area contributed by atoms with Gasteiger partial charge in [-0.25, -0.2) is 9.79 Å². The molecule has 36 heavy (non-hydrogen) atoms. The Kier molecular flexibility index (Phi) is 7.75. The first kappa shape index (κ1) is 25.1. The van der Waals surface area contributed by atoms with Gasteiger partial charge in [0.1, 0.15) is 0 Å². The normalized spacial score (nSPS) is 15.5. The second-order valence-electron chi connectivity index (χ2n) is 8.14. The number of amidine groups is 1. The Morgan fingerprint density at radius 1 is 0.972 bits per heavy atom. The quantitative estimate of drug-likeness (QED) is 0.382. The molecule has 0 unspecified atom stereocenters.